The van der Waals surface area contributed by atoms with Crippen LogP contribution in [-0.2, 0) is 16.0 Å². The third kappa shape index (κ3) is 5.30. The number of morpholine rings is 1. The highest BCUT2D eigenvalue weighted by atomic mass is 32.2. The van der Waals surface area contributed by atoms with Gasteiger partial charge in [-0.3, -0.25) is 9.59 Å². The third-order valence-corrected chi connectivity index (χ3v) is 6.76. The molecule has 11 heteroatoms. The van der Waals surface area contributed by atoms with E-state index >= 15 is 0 Å². The van der Waals surface area contributed by atoms with Gasteiger partial charge in [-0.05, 0) is 46.8 Å². The van der Waals surface area contributed by atoms with E-state index in [0.717, 1.165) is 16.3 Å². The van der Waals surface area contributed by atoms with E-state index in [1.807, 2.05) is 30.3 Å². The number of tetrazole rings is 1. The molecular formula is C20H21N5O4S2. The van der Waals surface area contributed by atoms with Crippen LogP contribution in [0, 0.1) is 0 Å². The van der Waals surface area contributed by atoms with Crippen molar-refractivity contribution >= 4 is 34.8 Å². The number of carbonyl (C=O) groups is 2. The van der Waals surface area contributed by atoms with Crippen LogP contribution in [0.25, 0.3) is 5.69 Å². The lowest BCUT2D eigenvalue weighted by Crippen LogP contribution is -2.41. The molecule has 0 saturated carbocycles. The molecule has 0 bridgehead atoms. The second kappa shape index (κ2) is 10.0. The molecule has 1 saturated heterocycles. The van der Waals surface area contributed by atoms with Gasteiger partial charge in [0.05, 0.1) is 43.1 Å². The van der Waals surface area contributed by atoms with Crippen molar-refractivity contribution in [2.75, 3.05) is 39.2 Å². The van der Waals surface area contributed by atoms with Crippen molar-refractivity contribution < 1.29 is 19.1 Å². The summed E-state index contributed by atoms with van der Waals surface area (Å²) in [6, 6.07) is 11.0. The fraction of sp³-hybridized carbons (Fsp3) is 0.350. The zero-order chi connectivity index (χ0) is 21.6. The standard InChI is InChI=1S/C20H21N5O4S2/c1-28-15-4-2-14(3-5-15)25-20(21-22-23-25)30-13-17(26)18-7-6-16(31-18)12-19(27)24-8-10-29-11-9-24/h2-7H,8-13H2,1H3. The van der Waals surface area contributed by atoms with Gasteiger partial charge >= 0.3 is 0 Å². The number of nitrogens with zero attached hydrogens (tertiary/aromatic N) is 5. The summed E-state index contributed by atoms with van der Waals surface area (Å²) in [6.45, 7) is 2.39. The smallest absolute Gasteiger partial charge is 0.227 e. The summed E-state index contributed by atoms with van der Waals surface area (Å²) in [6.07, 6.45) is 0.306. The fourth-order valence-electron chi connectivity index (χ4n) is 3.05. The molecule has 1 aliphatic heterocycles. The van der Waals surface area contributed by atoms with Crippen molar-refractivity contribution in [3.05, 3.63) is 46.2 Å². The molecule has 1 aliphatic rings. The van der Waals surface area contributed by atoms with E-state index in [4.69, 9.17) is 9.47 Å². The zero-order valence-corrected chi connectivity index (χ0v) is 18.5. The zero-order valence-electron chi connectivity index (χ0n) is 16.9. The Morgan fingerprint density at radius 1 is 1.16 bits per heavy atom. The van der Waals surface area contributed by atoms with Gasteiger partial charge < -0.3 is 14.4 Å². The molecule has 0 unspecified atom stereocenters. The van der Waals surface area contributed by atoms with Crippen LogP contribution in [0.1, 0.15) is 14.5 Å². The number of aromatic nitrogens is 4. The first kappa shape index (κ1) is 21.5. The number of methoxy groups -OCH3 is 1. The van der Waals surface area contributed by atoms with Gasteiger partial charge in [-0.15, -0.1) is 16.4 Å². The summed E-state index contributed by atoms with van der Waals surface area (Å²) in [5, 5.41) is 12.3. The Morgan fingerprint density at radius 2 is 1.94 bits per heavy atom. The summed E-state index contributed by atoms with van der Waals surface area (Å²) in [7, 11) is 1.60. The molecule has 4 rings (SSSR count). The molecule has 0 spiro atoms. The summed E-state index contributed by atoms with van der Waals surface area (Å²) >= 11 is 2.63. The van der Waals surface area contributed by atoms with Gasteiger partial charge in [-0.25, -0.2) is 0 Å². The van der Waals surface area contributed by atoms with Gasteiger partial charge in [0.2, 0.25) is 11.1 Å². The van der Waals surface area contributed by atoms with Crippen LogP contribution >= 0.6 is 23.1 Å². The van der Waals surface area contributed by atoms with Crippen molar-refractivity contribution in [1.29, 1.82) is 0 Å². The topological polar surface area (TPSA) is 99.4 Å². The van der Waals surface area contributed by atoms with Crippen LogP contribution in [0.2, 0.25) is 0 Å². The van der Waals surface area contributed by atoms with Crippen LogP contribution in [0.3, 0.4) is 0 Å². The van der Waals surface area contributed by atoms with E-state index in [1.54, 1.807) is 22.8 Å². The number of ketones is 1. The Bertz CT molecular complexity index is 1040. The average molecular weight is 460 g/mol. The number of hydrogen-bond acceptors (Lipinski definition) is 9. The van der Waals surface area contributed by atoms with E-state index in [2.05, 4.69) is 15.5 Å². The maximum absolute atomic E-state index is 12.7. The highest BCUT2D eigenvalue weighted by Gasteiger charge is 2.19. The van der Waals surface area contributed by atoms with E-state index in [9.17, 15) is 9.59 Å². The Hall–Kier alpha value is -2.76. The Labute approximate surface area is 187 Å². The number of benzene rings is 1. The first-order chi connectivity index (χ1) is 15.1. The molecule has 2 aromatic heterocycles. The minimum absolute atomic E-state index is 0.0237. The van der Waals surface area contributed by atoms with E-state index in [-0.39, 0.29) is 17.4 Å². The minimum Gasteiger partial charge on any atom is -0.497 e. The van der Waals surface area contributed by atoms with Gasteiger partial charge in [0.1, 0.15) is 5.75 Å². The van der Waals surface area contributed by atoms with Crippen molar-refractivity contribution in [2.45, 2.75) is 11.6 Å². The predicted molar refractivity (Wildman–Crippen MR) is 116 cm³/mol. The lowest BCUT2D eigenvalue weighted by atomic mass is 10.3. The normalized spacial score (nSPS) is 13.9. The molecule has 0 atom stereocenters. The Morgan fingerprint density at radius 3 is 2.68 bits per heavy atom. The average Bonchev–Trinajstić information content (AvgIpc) is 3.48. The second-order valence-corrected chi connectivity index (χ2v) is 8.83. The maximum Gasteiger partial charge on any atom is 0.227 e. The van der Waals surface area contributed by atoms with Crippen molar-refractivity contribution in [3.8, 4) is 11.4 Å². The lowest BCUT2D eigenvalue weighted by molar-refractivity contribution is -0.134. The molecule has 0 aliphatic carbocycles. The van der Waals surface area contributed by atoms with E-state index in [0.29, 0.717) is 42.8 Å². The van der Waals surface area contributed by atoms with Crippen molar-refractivity contribution in [2.24, 2.45) is 0 Å². The largest absolute Gasteiger partial charge is 0.497 e. The number of thioether (sulfide) groups is 1. The van der Waals surface area contributed by atoms with Crippen molar-refractivity contribution in [1.82, 2.24) is 25.1 Å². The first-order valence-corrected chi connectivity index (χ1v) is 11.5. The minimum atomic E-state index is -0.0237. The highest BCUT2D eigenvalue weighted by molar-refractivity contribution is 7.99. The number of carbonyl (C=O) groups excluding carboxylic acids is 2. The molecule has 0 radical (unpaired) electrons. The summed E-state index contributed by atoms with van der Waals surface area (Å²) < 4.78 is 12.0. The van der Waals surface area contributed by atoms with Gasteiger partial charge in [-0.2, -0.15) is 4.68 Å². The lowest BCUT2D eigenvalue weighted by Gasteiger charge is -2.26. The molecule has 1 aromatic carbocycles. The summed E-state index contributed by atoms with van der Waals surface area (Å²) in [4.78, 5) is 28.4. The van der Waals surface area contributed by atoms with Gasteiger partial charge in [0, 0.05) is 18.0 Å². The SMILES string of the molecule is COc1ccc(-n2nnnc2SCC(=O)c2ccc(CC(=O)N3CCOCC3)s2)cc1. The van der Waals surface area contributed by atoms with E-state index < -0.39 is 0 Å². The predicted octanol–water partition coefficient (Wildman–Crippen LogP) is 2.11. The molecule has 1 amide bonds. The first-order valence-electron chi connectivity index (χ1n) is 9.67. The fourth-order valence-corrected chi connectivity index (χ4v) is 4.85. The number of thiophene rings is 1. The maximum atomic E-state index is 12.7. The van der Waals surface area contributed by atoms with Crippen LogP contribution in [0.4, 0.5) is 0 Å². The summed E-state index contributed by atoms with van der Waals surface area (Å²) in [5.41, 5.74) is 0.779. The second-order valence-electron chi connectivity index (χ2n) is 6.72. The van der Waals surface area contributed by atoms with Crippen LogP contribution in [-0.4, -0.2) is 76.0 Å². The Kier molecular flexibility index (Phi) is 6.95. The molecule has 1 fully saturated rings. The molecule has 3 aromatic rings. The molecule has 31 heavy (non-hydrogen) atoms. The third-order valence-electron chi connectivity index (χ3n) is 4.72. The molecule has 3 heterocycles. The summed E-state index contributed by atoms with van der Waals surface area (Å²) in [5.74, 6) is 0.983. The number of amides is 1. The molecule has 9 nitrogen and oxygen atoms in total. The van der Waals surface area contributed by atoms with Crippen LogP contribution in [0.5, 0.6) is 5.75 Å². The van der Waals surface area contributed by atoms with E-state index in [1.165, 1.54) is 23.1 Å². The highest BCUT2D eigenvalue weighted by Crippen LogP contribution is 2.24. The van der Waals surface area contributed by atoms with Crippen molar-refractivity contribution in [3.63, 3.8) is 0 Å². The molecule has 162 valence electrons. The van der Waals surface area contributed by atoms with Crippen LogP contribution < -0.4 is 4.74 Å². The molecule has 0 N–H and O–H groups in total. The monoisotopic (exact) mass is 459 g/mol. The van der Waals surface area contributed by atoms with Gasteiger partial charge in [0.25, 0.3) is 0 Å². The number of Topliss-reactive ketones (excluding diaryl/α,β-unsaturated/α-hetero) is 1. The molecular weight excluding hydrogens is 438 g/mol. The van der Waals surface area contributed by atoms with Crippen LogP contribution in [0.15, 0.2) is 41.6 Å². The number of rotatable bonds is 8. The Balaban J connectivity index is 1.34. The van der Waals surface area contributed by atoms with Gasteiger partial charge in [-0.1, -0.05) is 11.8 Å². The number of hydrogen-bond donors (Lipinski definition) is 0. The number of ether oxygens (including phenoxy) is 2. The van der Waals surface area contributed by atoms with Gasteiger partial charge in [0.15, 0.2) is 5.78 Å². The quantitative estimate of drug-likeness (QED) is 0.373.